The summed E-state index contributed by atoms with van der Waals surface area (Å²) in [4.78, 5) is 36.4. The molecular formula is C13H24N4O3. The summed E-state index contributed by atoms with van der Waals surface area (Å²) in [7, 11) is 0. The highest BCUT2D eigenvalue weighted by Gasteiger charge is 2.37. The quantitative estimate of drug-likeness (QED) is 0.555. The molecule has 114 valence electrons. The molecule has 0 aromatic carbocycles. The van der Waals surface area contributed by atoms with Gasteiger partial charge >= 0.3 is 0 Å². The summed E-state index contributed by atoms with van der Waals surface area (Å²) in [6, 6.07) is -4.84. The number of carbonyl (C=O) groups is 3. The first-order chi connectivity index (χ1) is 13.3. The van der Waals surface area contributed by atoms with Crippen LogP contribution < -0.4 is 16.8 Å². The van der Waals surface area contributed by atoms with E-state index in [1.54, 1.807) is 0 Å². The molecule has 7 heteroatoms. The lowest BCUT2D eigenvalue weighted by molar-refractivity contribution is -0.132. The van der Waals surface area contributed by atoms with Gasteiger partial charge in [-0.1, -0.05) is 13.7 Å². The molecule has 7 nitrogen and oxygen atoms in total. The Morgan fingerprint density at radius 2 is 2.20 bits per heavy atom. The van der Waals surface area contributed by atoms with Crippen LogP contribution in [-0.4, -0.2) is 47.8 Å². The minimum absolute atomic E-state index is 0.0122. The molecule has 3 amide bonds. The van der Waals surface area contributed by atoms with Crippen LogP contribution in [-0.2, 0) is 14.4 Å². The lowest BCUT2D eigenvalue weighted by Gasteiger charge is -2.31. The molecule has 1 saturated heterocycles. The van der Waals surface area contributed by atoms with E-state index in [0.29, 0.717) is 4.90 Å². The Balaban J connectivity index is 3.81. The fraction of sp³-hybridized carbons (Fsp3) is 0.769. The number of nitrogens with zero attached hydrogens (tertiary/aromatic N) is 1. The van der Waals surface area contributed by atoms with Crippen molar-refractivity contribution in [1.29, 1.82) is 0 Å². The largest absolute Gasteiger partial charge is 0.368 e. The average molecular weight is 294 g/mol. The van der Waals surface area contributed by atoms with Crippen LogP contribution in [0.15, 0.2) is 0 Å². The molecule has 1 aliphatic heterocycles. The molecule has 5 N–H and O–H groups in total. The van der Waals surface area contributed by atoms with Gasteiger partial charge in [-0.05, 0) is 31.7 Å². The fourth-order valence-electron chi connectivity index (χ4n) is 1.96. The van der Waals surface area contributed by atoms with E-state index in [1.165, 1.54) is 0 Å². The number of amides is 3. The third kappa shape index (κ3) is 4.48. The van der Waals surface area contributed by atoms with Gasteiger partial charge in [0.05, 0.1) is 20.0 Å². The van der Waals surface area contributed by atoms with Crippen molar-refractivity contribution in [2.45, 2.75) is 45.0 Å². The molecule has 2 atom stereocenters. The Bertz CT molecular complexity index is 696. The second-order valence-corrected chi connectivity index (χ2v) is 4.25. The number of hydrogen-bond donors (Lipinski definition) is 3. The lowest BCUT2D eigenvalue weighted by atomic mass is 10.0. The van der Waals surface area contributed by atoms with Crippen LogP contribution in [0.3, 0.4) is 0 Å². The van der Waals surface area contributed by atoms with Gasteiger partial charge in [0.2, 0.25) is 17.7 Å². The molecule has 0 aromatic heterocycles. The van der Waals surface area contributed by atoms with Crippen molar-refractivity contribution in [2.24, 2.45) is 17.4 Å². The van der Waals surface area contributed by atoms with Gasteiger partial charge in [0, 0.05) is 12.3 Å². The van der Waals surface area contributed by atoms with Gasteiger partial charge in [-0.15, -0.1) is 0 Å². The summed E-state index contributed by atoms with van der Waals surface area (Å²) in [5.41, 5.74) is 10.2. The van der Waals surface area contributed by atoms with Gasteiger partial charge in [0.15, 0.2) is 0 Å². The van der Waals surface area contributed by atoms with E-state index in [0.717, 1.165) is 0 Å². The maximum Gasteiger partial charge on any atom is 0.237 e. The number of carbonyl (C=O) groups excluding carboxylic acids is 3. The second-order valence-electron chi connectivity index (χ2n) is 4.25. The van der Waals surface area contributed by atoms with E-state index < -0.39 is 62.3 Å². The molecular weight excluding hydrogens is 260 g/mol. The zero-order valence-corrected chi connectivity index (χ0v) is 10.7. The van der Waals surface area contributed by atoms with Crippen LogP contribution in [0.5, 0.6) is 0 Å². The Labute approximate surface area is 133 Å². The topological polar surface area (TPSA) is 119 Å². The number of hydrogen-bond acceptors (Lipinski definition) is 4. The summed E-state index contributed by atoms with van der Waals surface area (Å²) in [5.74, 6) is -7.74. The van der Waals surface area contributed by atoms with Crippen molar-refractivity contribution in [3.63, 3.8) is 0 Å². The number of nitrogens with two attached hydrogens (primary N) is 2. The summed E-state index contributed by atoms with van der Waals surface area (Å²) < 4.78 is 78.8. The minimum atomic E-state index is -3.97. The van der Waals surface area contributed by atoms with Crippen LogP contribution in [0.1, 0.15) is 46.6 Å². The number of primary amides is 2. The zero-order chi connectivity index (χ0) is 23.9. The third-order valence-corrected chi connectivity index (χ3v) is 2.75. The van der Waals surface area contributed by atoms with E-state index in [9.17, 15) is 14.4 Å². The molecule has 1 heterocycles. The van der Waals surface area contributed by atoms with Crippen LogP contribution in [0.25, 0.3) is 0 Å². The summed E-state index contributed by atoms with van der Waals surface area (Å²) in [6.45, 7) is -8.81. The maximum atomic E-state index is 12.9. The van der Waals surface area contributed by atoms with Gasteiger partial charge in [-0.3, -0.25) is 19.3 Å². The first kappa shape index (κ1) is 6.89. The fourth-order valence-corrected chi connectivity index (χ4v) is 1.96. The first-order valence-electron chi connectivity index (χ1n) is 10.9. The molecule has 1 fully saturated rings. The number of likely N-dealkylation sites (tertiary alicyclic amines) is 1. The van der Waals surface area contributed by atoms with Crippen molar-refractivity contribution < 1.29 is 28.1 Å². The van der Waals surface area contributed by atoms with Crippen molar-refractivity contribution in [3.05, 3.63) is 0 Å². The van der Waals surface area contributed by atoms with Crippen LogP contribution in [0.2, 0.25) is 0 Å². The van der Waals surface area contributed by atoms with Crippen LogP contribution >= 0.6 is 0 Å². The third-order valence-electron chi connectivity index (χ3n) is 2.75. The van der Waals surface area contributed by atoms with Crippen LogP contribution in [0, 0.1) is 5.89 Å². The van der Waals surface area contributed by atoms with E-state index >= 15 is 0 Å². The maximum absolute atomic E-state index is 12.9. The molecule has 0 saturated carbocycles. The smallest absolute Gasteiger partial charge is 0.237 e. The molecule has 0 radical (unpaired) electrons. The van der Waals surface area contributed by atoms with Gasteiger partial charge in [0.1, 0.15) is 0 Å². The van der Waals surface area contributed by atoms with Gasteiger partial charge in [0.25, 0.3) is 0 Å². The summed E-state index contributed by atoms with van der Waals surface area (Å²) in [6.07, 6.45) is -3.78. The monoisotopic (exact) mass is 294 g/mol. The average Bonchev–Trinajstić information content (AvgIpc) is 3.05. The number of nitrogens with one attached hydrogen (secondary N) is 1. The second kappa shape index (κ2) is 7.23. The van der Waals surface area contributed by atoms with E-state index in [-0.39, 0.29) is 19.4 Å². The highest BCUT2D eigenvalue weighted by molar-refractivity contribution is 5.88. The normalized spacial score (nSPS) is 32.3. The Hall–Kier alpha value is -1.63. The highest BCUT2D eigenvalue weighted by atomic mass is 16.2. The van der Waals surface area contributed by atoms with Gasteiger partial charge < -0.3 is 16.8 Å². The summed E-state index contributed by atoms with van der Waals surface area (Å²) >= 11 is 0. The highest BCUT2D eigenvalue weighted by Crippen LogP contribution is 2.23. The molecule has 20 heavy (non-hydrogen) atoms. The predicted octanol–water partition coefficient (Wildman–Crippen LogP) is -1.05. The molecule has 1 aliphatic rings. The van der Waals surface area contributed by atoms with Gasteiger partial charge in [-0.2, -0.15) is 0 Å². The van der Waals surface area contributed by atoms with E-state index in [1.807, 2.05) is 5.32 Å². The minimum Gasteiger partial charge on any atom is -0.368 e. The van der Waals surface area contributed by atoms with Crippen molar-refractivity contribution in [1.82, 2.24) is 10.2 Å². The van der Waals surface area contributed by atoms with Crippen molar-refractivity contribution >= 4 is 17.7 Å². The first-order valence-corrected chi connectivity index (χ1v) is 5.89. The van der Waals surface area contributed by atoms with Crippen molar-refractivity contribution in [3.8, 4) is 0 Å². The molecule has 0 bridgehead atoms. The number of rotatable bonds is 7. The Kier molecular flexibility index (Phi) is 2.49. The molecule has 1 rings (SSSR count). The summed E-state index contributed by atoms with van der Waals surface area (Å²) in [5, 5.41) is 1.85. The Morgan fingerprint density at radius 1 is 1.50 bits per heavy atom. The standard InChI is InChI=1S/C13H24N4O3/c1-8(2)6-10(13(20)16-7-11(14)18)17-5-3-4-9(17)12(15)19/h8-10H,3-7H2,1-2H3,(H2,14,18)(H2,15,19)(H,16,20)/t9?,10-/m1/s1/i1D3,2D3,6D2,8D,10D. The SMILES string of the molecule is [2H]C([2H])([2H])C([2H])(C([2H])([2H])[2H])C([2H])([2H])[C@]([2H])(C(=O)NCC(N)=O)N1CCCC1C(N)=O. The van der Waals surface area contributed by atoms with Crippen molar-refractivity contribution in [2.75, 3.05) is 13.1 Å². The predicted molar refractivity (Wildman–Crippen MR) is 74.4 cm³/mol. The molecule has 1 unspecified atom stereocenters. The van der Waals surface area contributed by atoms with E-state index in [4.69, 9.17) is 25.2 Å². The lowest BCUT2D eigenvalue weighted by Crippen LogP contribution is -2.53. The molecule has 0 spiro atoms. The molecule has 0 aromatic rings. The van der Waals surface area contributed by atoms with Crippen LogP contribution in [0.4, 0.5) is 0 Å². The van der Waals surface area contributed by atoms with E-state index in [2.05, 4.69) is 0 Å². The van der Waals surface area contributed by atoms with Gasteiger partial charge in [-0.25, -0.2) is 0 Å². The zero-order valence-electron chi connectivity index (χ0n) is 20.7. The molecule has 0 aliphatic carbocycles. The Morgan fingerprint density at radius 3 is 2.75 bits per heavy atom.